The number of ether oxygens (including phenoxy) is 1. The van der Waals surface area contributed by atoms with Crippen molar-refractivity contribution in [3.05, 3.63) is 48.5 Å². The fraction of sp³-hybridized carbons (Fsp3) is 0.524. The summed E-state index contributed by atoms with van der Waals surface area (Å²) in [6.45, 7) is 3.33. The van der Waals surface area contributed by atoms with Crippen LogP contribution in [0.2, 0.25) is 0 Å². The molecule has 2 fully saturated rings. The van der Waals surface area contributed by atoms with Gasteiger partial charge in [0.2, 0.25) is 0 Å². The van der Waals surface area contributed by atoms with Crippen LogP contribution >= 0.6 is 0 Å². The second-order valence-electron chi connectivity index (χ2n) is 7.80. The minimum atomic E-state index is -0.783. The molecule has 1 N–H and O–H groups in total. The highest BCUT2D eigenvalue weighted by molar-refractivity contribution is 5.75. The molecule has 6 heteroatoms. The van der Waals surface area contributed by atoms with E-state index < -0.39 is 12.0 Å². The highest BCUT2D eigenvalue weighted by Gasteiger charge is 2.31. The van der Waals surface area contributed by atoms with E-state index in [1.54, 1.807) is 6.20 Å². The van der Waals surface area contributed by atoms with Crippen molar-refractivity contribution in [3.8, 4) is 5.75 Å². The van der Waals surface area contributed by atoms with Gasteiger partial charge in [-0.25, -0.2) is 4.98 Å². The van der Waals surface area contributed by atoms with Crippen molar-refractivity contribution in [3.63, 3.8) is 0 Å². The van der Waals surface area contributed by atoms with E-state index in [1.807, 2.05) is 36.8 Å². The minimum Gasteiger partial charge on any atom is -0.493 e. The van der Waals surface area contributed by atoms with Crippen LogP contribution in [-0.2, 0) is 11.3 Å². The third kappa shape index (κ3) is 4.69. The Bertz CT molecular complexity index is 733. The number of likely N-dealkylation sites (tertiary alicyclic amines) is 1. The first-order valence-corrected chi connectivity index (χ1v) is 9.84. The van der Waals surface area contributed by atoms with Gasteiger partial charge in [0, 0.05) is 18.9 Å². The van der Waals surface area contributed by atoms with E-state index in [-0.39, 0.29) is 0 Å². The van der Waals surface area contributed by atoms with Gasteiger partial charge in [0.15, 0.2) is 0 Å². The quantitative estimate of drug-likeness (QED) is 0.774. The van der Waals surface area contributed by atoms with Gasteiger partial charge in [0.05, 0.1) is 12.9 Å². The summed E-state index contributed by atoms with van der Waals surface area (Å²) in [7, 11) is 0. The molecule has 144 valence electrons. The molecule has 1 saturated heterocycles. The first-order valence-electron chi connectivity index (χ1n) is 9.84. The topological polar surface area (TPSA) is 67.6 Å². The average molecular weight is 369 g/mol. The lowest BCUT2D eigenvalue weighted by Crippen LogP contribution is -2.40. The fourth-order valence-electron chi connectivity index (χ4n) is 3.84. The first-order chi connectivity index (χ1) is 13.2. The normalized spacial score (nSPS) is 19.7. The summed E-state index contributed by atoms with van der Waals surface area (Å²) >= 11 is 0. The predicted octanol–water partition coefficient (Wildman–Crippen LogP) is 3.21. The molecule has 0 amide bonds. The molecule has 0 radical (unpaired) electrons. The third-order valence-electron chi connectivity index (χ3n) is 5.65. The van der Waals surface area contributed by atoms with E-state index in [0.29, 0.717) is 11.8 Å². The molecular formula is C21H27N3O3. The Labute approximate surface area is 159 Å². The number of aromatic nitrogens is 2. The highest BCUT2D eigenvalue weighted by Crippen LogP contribution is 2.31. The zero-order valence-corrected chi connectivity index (χ0v) is 15.5. The van der Waals surface area contributed by atoms with Crippen molar-refractivity contribution >= 4 is 5.97 Å². The largest absolute Gasteiger partial charge is 0.493 e. The zero-order chi connectivity index (χ0) is 18.6. The second-order valence-corrected chi connectivity index (χ2v) is 7.80. The average Bonchev–Trinajstić information content (AvgIpc) is 3.37. The molecule has 4 rings (SSSR count). The van der Waals surface area contributed by atoms with Crippen molar-refractivity contribution in [1.29, 1.82) is 0 Å². The van der Waals surface area contributed by atoms with Crippen LogP contribution in [-0.4, -0.2) is 45.2 Å². The van der Waals surface area contributed by atoms with E-state index >= 15 is 0 Å². The van der Waals surface area contributed by atoms with Crippen LogP contribution in [0.15, 0.2) is 43.0 Å². The van der Waals surface area contributed by atoms with E-state index in [4.69, 9.17) is 4.74 Å². The number of carboxylic acids is 1. The fourth-order valence-corrected chi connectivity index (χ4v) is 3.84. The zero-order valence-electron chi connectivity index (χ0n) is 15.5. The summed E-state index contributed by atoms with van der Waals surface area (Å²) in [6.07, 6.45) is 10.2. The van der Waals surface area contributed by atoms with Crippen molar-refractivity contribution in [2.75, 3.05) is 19.7 Å². The summed E-state index contributed by atoms with van der Waals surface area (Å²) in [5.74, 6) is 1.33. The van der Waals surface area contributed by atoms with Crippen LogP contribution < -0.4 is 4.74 Å². The Hall–Kier alpha value is -2.34. The lowest BCUT2D eigenvalue weighted by molar-refractivity contribution is -0.144. The molecule has 1 aliphatic carbocycles. The van der Waals surface area contributed by atoms with Gasteiger partial charge >= 0.3 is 5.97 Å². The molecule has 0 bridgehead atoms. The van der Waals surface area contributed by atoms with E-state index in [0.717, 1.165) is 50.4 Å². The molecule has 2 aromatic rings. The Kier molecular flexibility index (Phi) is 5.43. The van der Waals surface area contributed by atoms with Crippen LogP contribution in [0, 0.1) is 11.8 Å². The summed E-state index contributed by atoms with van der Waals surface area (Å²) in [4.78, 5) is 18.1. The van der Waals surface area contributed by atoms with Gasteiger partial charge in [-0.15, -0.1) is 0 Å². The molecule has 1 aromatic heterocycles. The van der Waals surface area contributed by atoms with Crippen LogP contribution in [0.3, 0.4) is 0 Å². The second kappa shape index (κ2) is 8.13. The number of hydrogen-bond donors (Lipinski definition) is 1. The summed E-state index contributed by atoms with van der Waals surface area (Å²) in [6, 6.07) is 7.02. The third-order valence-corrected chi connectivity index (χ3v) is 5.65. The number of hydrogen-bond acceptors (Lipinski definition) is 4. The molecular weight excluding hydrogens is 342 g/mol. The van der Waals surface area contributed by atoms with Crippen LogP contribution in [0.5, 0.6) is 5.75 Å². The van der Waals surface area contributed by atoms with Gasteiger partial charge in [0.25, 0.3) is 0 Å². The van der Waals surface area contributed by atoms with Gasteiger partial charge in [0.1, 0.15) is 11.8 Å². The Balaban J connectivity index is 1.35. The molecule has 6 nitrogen and oxygen atoms in total. The van der Waals surface area contributed by atoms with Gasteiger partial charge in [-0.05, 0) is 68.3 Å². The number of benzene rings is 1. The van der Waals surface area contributed by atoms with Crippen LogP contribution in [0.1, 0.15) is 37.3 Å². The number of carbonyl (C=O) groups is 1. The summed E-state index contributed by atoms with van der Waals surface area (Å²) < 4.78 is 7.87. The number of piperidine rings is 1. The molecule has 0 spiro atoms. The van der Waals surface area contributed by atoms with Crippen molar-refractivity contribution in [2.24, 2.45) is 11.8 Å². The maximum atomic E-state index is 12.0. The summed E-state index contributed by atoms with van der Waals surface area (Å²) in [5, 5.41) is 9.82. The predicted molar refractivity (Wildman–Crippen MR) is 102 cm³/mol. The molecule has 1 aromatic carbocycles. The molecule has 1 atom stereocenters. The molecule has 1 saturated carbocycles. The Morgan fingerprint density at radius 1 is 1.15 bits per heavy atom. The highest BCUT2D eigenvalue weighted by atomic mass is 16.5. The van der Waals surface area contributed by atoms with Crippen molar-refractivity contribution in [1.82, 2.24) is 14.5 Å². The van der Waals surface area contributed by atoms with E-state index in [9.17, 15) is 9.90 Å². The number of carboxylic acid groups (broad SMARTS) is 1. The Morgan fingerprint density at radius 2 is 1.89 bits per heavy atom. The monoisotopic (exact) mass is 369 g/mol. The maximum absolute atomic E-state index is 12.0. The Morgan fingerprint density at radius 3 is 2.48 bits per heavy atom. The number of rotatable bonds is 8. The molecule has 1 unspecified atom stereocenters. The van der Waals surface area contributed by atoms with Crippen LogP contribution in [0.4, 0.5) is 0 Å². The molecule has 2 aliphatic rings. The first kappa shape index (κ1) is 18.0. The maximum Gasteiger partial charge on any atom is 0.325 e. The number of imidazole rings is 1. The summed E-state index contributed by atoms with van der Waals surface area (Å²) in [5.41, 5.74) is 0.828. The van der Waals surface area contributed by atoms with Gasteiger partial charge in [-0.1, -0.05) is 12.1 Å². The van der Waals surface area contributed by atoms with Crippen LogP contribution in [0.25, 0.3) is 0 Å². The molecule has 27 heavy (non-hydrogen) atoms. The standard InChI is InChI=1S/C21H27N3O3/c25-21(26)20(18-3-5-19(6-4-18)27-14-17-1-2-17)24-10-7-16(8-11-24)13-23-12-9-22-15-23/h3-6,9,12,15-17,20H,1-2,7-8,10-11,13-14H2,(H,25,26). The number of aliphatic carboxylic acids is 1. The lowest BCUT2D eigenvalue weighted by atomic mass is 9.94. The smallest absolute Gasteiger partial charge is 0.325 e. The SMILES string of the molecule is O=C(O)C(c1ccc(OCC2CC2)cc1)N1CCC(Cn2ccnc2)CC1. The van der Waals surface area contributed by atoms with Gasteiger partial charge < -0.3 is 14.4 Å². The van der Waals surface area contributed by atoms with Gasteiger partial charge in [-0.3, -0.25) is 9.69 Å². The lowest BCUT2D eigenvalue weighted by Gasteiger charge is -2.36. The minimum absolute atomic E-state index is 0.572. The van der Waals surface area contributed by atoms with E-state index in [1.165, 1.54) is 12.8 Å². The van der Waals surface area contributed by atoms with Crippen molar-refractivity contribution in [2.45, 2.75) is 38.3 Å². The van der Waals surface area contributed by atoms with E-state index in [2.05, 4.69) is 14.5 Å². The number of nitrogens with zero attached hydrogens (tertiary/aromatic N) is 3. The van der Waals surface area contributed by atoms with Crippen molar-refractivity contribution < 1.29 is 14.6 Å². The molecule has 1 aliphatic heterocycles. The molecule has 2 heterocycles. The van der Waals surface area contributed by atoms with Gasteiger partial charge in [-0.2, -0.15) is 0 Å².